The number of hydrogen-bond acceptors (Lipinski definition) is 7. The fourth-order valence-electron chi connectivity index (χ4n) is 3.23. The van der Waals surface area contributed by atoms with E-state index in [1.165, 1.54) is 11.3 Å². The molecule has 1 aliphatic carbocycles. The molecule has 8 nitrogen and oxygen atoms in total. The molecule has 0 atom stereocenters. The van der Waals surface area contributed by atoms with Crippen molar-refractivity contribution in [2.45, 2.75) is 19.8 Å². The van der Waals surface area contributed by atoms with Crippen molar-refractivity contribution in [3.63, 3.8) is 0 Å². The van der Waals surface area contributed by atoms with Gasteiger partial charge in [-0.1, -0.05) is 35.6 Å². The van der Waals surface area contributed by atoms with Crippen LogP contribution in [-0.2, 0) is 9.59 Å². The van der Waals surface area contributed by atoms with Gasteiger partial charge >= 0.3 is 0 Å². The van der Waals surface area contributed by atoms with E-state index in [-0.39, 0.29) is 24.3 Å². The number of amides is 2. The average Bonchev–Trinajstić information content (AvgIpc) is 3.61. The number of fused-ring (bicyclic) bond motifs is 1. The summed E-state index contributed by atoms with van der Waals surface area (Å²) in [5, 5.41) is 6.21. The summed E-state index contributed by atoms with van der Waals surface area (Å²) >= 11 is 1.31. The molecule has 0 aliphatic heterocycles. The highest BCUT2D eigenvalue weighted by Crippen LogP contribution is 2.33. The second-order valence-corrected chi connectivity index (χ2v) is 8.97. The molecule has 0 saturated heterocycles. The highest BCUT2D eigenvalue weighted by molar-refractivity contribution is 7.21. The number of rotatable bonds is 8. The zero-order valence-corrected chi connectivity index (χ0v) is 19.2. The molecule has 1 saturated carbocycles. The third-order valence-corrected chi connectivity index (χ3v) is 6.09. The summed E-state index contributed by atoms with van der Waals surface area (Å²) in [4.78, 5) is 33.9. The molecule has 1 fully saturated rings. The number of carbonyl (C=O) groups excluding carboxylic acids is 2. The van der Waals surface area contributed by atoms with Gasteiger partial charge in [-0.3, -0.25) is 9.59 Å². The van der Waals surface area contributed by atoms with Crippen LogP contribution in [0.5, 0.6) is 17.4 Å². The zero-order valence-electron chi connectivity index (χ0n) is 18.4. The van der Waals surface area contributed by atoms with Gasteiger partial charge in [0.15, 0.2) is 11.7 Å². The molecule has 0 bridgehead atoms. The van der Waals surface area contributed by atoms with E-state index in [9.17, 15) is 9.59 Å². The number of aromatic nitrogens is 2. The fourth-order valence-corrected chi connectivity index (χ4v) is 4.06. The molecule has 172 valence electrons. The Kier molecular flexibility index (Phi) is 6.09. The number of hydrogen-bond donors (Lipinski definition) is 2. The number of pyridine rings is 1. The molecule has 2 amide bonds. The Hall–Kier alpha value is -3.98. The molecule has 5 rings (SSSR count). The number of nitrogens with one attached hydrogen (secondary N) is 2. The van der Waals surface area contributed by atoms with Crippen molar-refractivity contribution in [2.24, 2.45) is 5.92 Å². The maximum Gasteiger partial charge on any atom is 0.262 e. The van der Waals surface area contributed by atoms with Gasteiger partial charge < -0.3 is 20.1 Å². The number of thiazole rings is 1. The molecule has 9 heteroatoms. The van der Waals surface area contributed by atoms with Crippen LogP contribution in [0.1, 0.15) is 18.4 Å². The van der Waals surface area contributed by atoms with Crippen LogP contribution in [0.4, 0.5) is 10.8 Å². The zero-order chi connectivity index (χ0) is 23.5. The summed E-state index contributed by atoms with van der Waals surface area (Å²) in [7, 11) is 0. The van der Waals surface area contributed by atoms with Gasteiger partial charge in [-0.05, 0) is 49.6 Å². The molecule has 2 aromatic carbocycles. The molecule has 4 aromatic rings. The quantitative estimate of drug-likeness (QED) is 0.366. The summed E-state index contributed by atoms with van der Waals surface area (Å²) < 4.78 is 11.5. The Morgan fingerprint density at radius 1 is 1.03 bits per heavy atom. The third kappa shape index (κ3) is 5.32. The number of aryl methyl sites for hydroxylation is 1. The molecule has 0 unspecified atom stereocenters. The molecule has 34 heavy (non-hydrogen) atoms. The van der Waals surface area contributed by atoms with E-state index < -0.39 is 0 Å². The van der Waals surface area contributed by atoms with Gasteiger partial charge in [-0.25, -0.2) is 9.97 Å². The Morgan fingerprint density at radius 3 is 2.65 bits per heavy atom. The topological polar surface area (TPSA) is 102 Å². The van der Waals surface area contributed by atoms with E-state index in [2.05, 4.69) is 20.6 Å². The average molecular weight is 475 g/mol. The lowest BCUT2D eigenvalue weighted by atomic mass is 10.2. The van der Waals surface area contributed by atoms with Crippen LogP contribution in [0, 0.1) is 12.8 Å². The lowest BCUT2D eigenvalue weighted by Crippen LogP contribution is -2.20. The molecule has 2 heterocycles. The van der Waals surface area contributed by atoms with Gasteiger partial charge in [0, 0.05) is 23.7 Å². The number of benzene rings is 2. The van der Waals surface area contributed by atoms with E-state index in [1.54, 1.807) is 30.3 Å². The van der Waals surface area contributed by atoms with Gasteiger partial charge in [0.1, 0.15) is 21.8 Å². The van der Waals surface area contributed by atoms with E-state index in [1.807, 2.05) is 37.3 Å². The maximum absolute atomic E-state index is 12.3. The SMILES string of the molecule is Cc1ccc(NC(=O)COc2ccccc2)cc1Oc1ccc2nc(NC(=O)C3CC3)sc2n1. The van der Waals surface area contributed by atoms with Crippen molar-refractivity contribution < 1.29 is 19.1 Å². The van der Waals surface area contributed by atoms with Gasteiger partial charge in [0.05, 0.1) is 0 Å². The Balaban J connectivity index is 1.25. The van der Waals surface area contributed by atoms with Crippen molar-refractivity contribution in [1.29, 1.82) is 0 Å². The van der Waals surface area contributed by atoms with Crippen LogP contribution >= 0.6 is 11.3 Å². The fraction of sp³-hybridized carbons (Fsp3) is 0.200. The van der Waals surface area contributed by atoms with Crippen LogP contribution < -0.4 is 20.1 Å². The number of carbonyl (C=O) groups is 2. The first-order chi connectivity index (χ1) is 16.5. The highest BCUT2D eigenvalue weighted by atomic mass is 32.1. The van der Waals surface area contributed by atoms with Crippen molar-refractivity contribution in [2.75, 3.05) is 17.2 Å². The normalized spacial score (nSPS) is 12.9. The highest BCUT2D eigenvalue weighted by Gasteiger charge is 2.30. The van der Waals surface area contributed by atoms with Gasteiger partial charge in [0.25, 0.3) is 5.91 Å². The van der Waals surface area contributed by atoms with Crippen LogP contribution in [-0.4, -0.2) is 28.4 Å². The molecular formula is C25H22N4O4S. The van der Waals surface area contributed by atoms with Gasteiger partial charge in [-0.2, -0.15) is 0 Å². The van der Waals surface area contributed by atoms with Gasteiger partial charge in [-0.15, -0.1) is 0 Å². The summed E-state index contributed by atoms with van der Waals surface area (Å²) in [6.45, 7) is 1.81. The molecule has 0 spiro atoms. The molecule has 2 aromatic heterocycles. The first-order valence-electron chi connectivity index (χ1n) is 10.9. The third-order valence-electron chi connectivity index (χ3n) is 5.21. The van der Waals surface area contributed by atoms with E-state index >= 15 is 0 Å². The first kappa shape index (κ1) is 21.8. The van der Waals surface area contributed by atoms with Crippen molar-refractivity contribution >= 4 is 44.3 Å². The molecular weight excluding hydrogens is 452 g/mol. The van der Waals surface area contributed by atoms with E-state index in [0.717, 1.165) is 18.4 Å². The summed E-state index contributed by atoms with van der Waals surface area (Å²) in [6, 6.07) is 18.1. The minimum absolute atomic E-state index is 0.0131. The largest absolute Gasteiger partial charge is 0.484 e. The van der Waals surface area contributed by atoms with Crippen molar-refractivity contribution in [3.05, 3.63) is 66.2 Å². The van der Waals surface area contributed by atoms with Crippen LogP contribution in [0.25, 0.3) is 10.3 Å². The standard InChI is InChI=1S/C25H22N4O4S/c1-15-7-10-17(26-21(30)14-32-18-5-3-2-4-6-18)13-20(15)33-22-12-11-19-24(28-22)34-25(27-19)29-23(31)16-8-9-16/h2-7,10-13,16H,8-9,14H2,1H3,(H,26,30)(H,27,29,31). The van der Waals surface area contributed by atoms with E-state index in [0.29, 0.717) is 38.5 Å². The summed E-state index contributed by atoms with van der Waals surface area (Å²) in [6.07, 6.45) is 1.87. The molecule has 1 aliphatic rings. The summed E-state index contributed by atoms with van der Waals surface area (Å²) in [5.41, 5.74) is 2.17. The van der Waals surface area contributed by atoms with Crippen LogP contribution in [0.3, 0.4) is 0 Å². The predicted molar refractivity (Wildman–Crippen MR) is 131 cm³/mol. The smallest absolute Gasteiger partial charge is 0.262 e. The minimum Gasteiger partial charge on any atom is -0.484 e. The monoisotopic (exact) mass is 474 g/mol. The van der Waals surface area contributed by atoms with Crippen molar-refractivity contribution in [1.82, 2.24) is 9.97 Å². The Labute approximate surface area is 200 Å². The van der Waals surface area contributed by atoms with E-state index in [4.69, 9.17) is 9.47 Å². The maximum atomic E-state index is 12.3. The molecule has 0 radical (unpaired) electrons. The lowest BCUT2D eigenvalue weighted by Gasteiger charge is -2.11. The number of nitrogens with zero attached hydrogens (tertiary/aromatic N) is 2. The Bertz CT molecular complexity index is 1350. The second kappa shape index (κ2) is 9.48. The van der Waals surface area contributed by atoms with Crippen LogP contribution in [0.2, 0.25) is 0 Å². The minimum atomic E-state index is -0.274. The summed E-state index contributed by atoms with van der Waals surface area (Å²) in [5.74, 6) is 1.45. The number of ether oxygens (including phenoxy) is 2. The first-order valence-corrected chi connectivity index (χ1v) is 11.7. The van der Waals surface area contributed by atoms with Crippen LogP contribution in [0.15, 0.2) is 60.7 Å². The Morgan fingerprint density at radius 2 is 1.85 bits per heavy atom. The number of para-hydroxylation sites is 1. The second-order valence-electron chi connectivity index (χ2n) is 7.99. The molecule has 2 N–H and O–H groups in total. The van der Waals surface area contributed by atoms with Gasteiger partial charge in [0.2, 0.25) is 11.8 Å². The number of anilines is 2. The predicted octanol–water partition coefficient (Wildman–Crippen LogP) is 5.16. The lowest BCUT2D eigenvalue weighted by molar-refractivity contribution is -0.118. The van der Waals surface area contributed by atoms with Crippen molar-refractivity contribution in [3.8, 4) is 17.4 Å².